The first kappa shape index (κ1) is 18.4. The maximum absolute atomic E-state index is 11.3. The minimum atomic E-state index is -0.438. The third-order valence-corrected chi connectivity index (χ3v) is 4.31. The second kappa shape index (κ2) is 13.8. The van der Waals surface area contributed by atoms with Crippen LogP contribution >= 0.6 is 0 Å². The molecule has 4 heteroatoms. The van der Waals surface area contributed by atoms with Crippen molar-refractivity contribution in [1.29, 1.82) is 0 Å². The van der Waals surface area contributed by atoms with Gasteiger partial charge >= 0.3 is 5.97 Å². The molecule has 0 saturated carbocycles. The Balaban J connectivity index is 3.77. The molecule has 0 aliphatic rings. The summed E-state index contributed by atoms with van der Waals surface area (Å²) >= 11 is 0. The normalized spacial score (nSPS) is 12.7. The molecule has 0 N–H and O–H groups in total. The van der Waals surface area contributed by atoms with E-state index in [9.17, 15) is 4.79 Å². The second-order valence-electron chi connectivity index (χ2n) is 4.87. The average molecular weight is 286 g/mol. The quantitative estimate of drug-likeness (QED) is 0.225. The van der Waals surface area contributed by atoms with E-state index in [4.69, 9.17) is 9.16 Å². The van der Waals surface area contributed by atoms with E-state index in [2.05, 4.69) is 20.4 Å². The molecule has 0 spiro atoms. The number of carbonyl (C=O) groups is 1. The molecular weight excluding hydrogens is 256 g/mol. The molecule has 0 amide bonds. The summed E-state index contributed by atoms with van der Waals surface area (Å²) in [4.78, 5) is 11.3. The summed E-state index contributed by atoms with van der Waals surface area (Å²) in [5, 5.41) is 0. The summed E-state index contributed by atoms with van der Waals surface area (Å²) in [6.45, 7) is 8.70. The largest absolute Gasteiger partial charge is 0.459 e. The summed E-state index contributed by atoms with van der Waals surface area (Å²) in [5.41, 5.74) is 0. The van der Waals surface area contributed by atoms with Gasteiger partial charge in [-0.2, -0.15) is 0 Å². The smallest absolute Gasteiger partial charge is 0.330 e. The molecule has 0 aliphatic carbocycles. The second-order valence-corrected chi connectivity index (χ2v) is 6.39. The first-order valence-electron chi connectivity index (χ1n) is 7.65. The molecule has 1 atom stereocenters. The Bertz CT molecular complexity index is 231. The predicted molar refractivity (Wildman–Crippen MR) is 83.0 cm³/mol. The molecule has 0 aromatic rings. The van der Waals surface area contributed by atoms with Crippen LogP contribution in [0.1, 0.15) is 58.8 Å². The fraction of sp³-hybridized carbons (Fsp3) is 0.800. The Kier molecular flexibility index (Phi) is 13.4. The van der Waals surface area contributed by atoms with Crippen LogP contribution in [0.4, 0.5) is 0 Å². The molecule has 19 heavy (non-hydrogen) atoms. The van der Waals surface area contributed by atoms with Crippen molar-refractivity contribution in [2.45, 2.75) is 70.9 Å². The van der Waals surface area contributed by atoms with Crippen molar-refractivity contribution < 1.29 is 14.0 Å². The van der Waals surface area contributed by atoms with Crippen molar-refractivity contribution in [2.75, 3.05) is 6.61 Å². The van der Waals surface area contributed by atoms with Gasteiger partial charge in [0.25, 0.3) is 0 Å². The van der Waals surface area contributed by atoms with E-state index in [-0.39, 0.29) is 12.1 Å². The third-order valence-electron chi connectivity index (χ3n) is 3.04. The fourth-order valence-electron chi connectivity index (χ4n) is 1.86. The SMILES string of the molecule is C=CC(=O)OC(CCCCC)CC[SiH2]OCCCC. The lowest BCUT2D eigenvalue weighted by molar-refractivity contribution is -0.143. The Morgan fingerprint density at radius 2 is 1.95 bits per heavy atom. The number of esters is 1. The lowest BCUT2D eigenvalue weighted by Crippen LogP contribution is -2.18. The standard InChI is InChI=1S/C15H30O3Si/c1-4-7-9-10-14(18-15(16)6-3)11-13-19-17-12-8-5-2/h6,14H,3-5,7-13,19H2,1-2H3. The highest BCUT2D eigenvalue weighted by Crippen LogP contribution is 2.13. The van der Waals surface area contributed by atoms with Gasteiger partial charge in [-0.25, -0.2) is 4.79 Å². The minimum Gasteiger partial charge on any atom is -0.459 e. The Labute approximate surface area is 120 Å². The average Bonchev–Trinajstić information content (AvgIpc) is 2.42. The molecule has 3 nitrogen and oxygen atoms in total. The maximum Gasteiger partial charge on any atom is 0.330 e. The zero-order chi connectivity index (χ0) is 14.3. The molecule has 0 heterocycles. The highest BCUT2D eigenvalue weighted by Gasteiger charge is 2.12. The molecule has 0 aliphatic heterocycles. The van der Waals surface area contributed by atoms with Gasteiger partial charge in [-0.3, -0.25) is 0 Å². The van der Waals surface area contributed by atoms with Gasteiger partial charge in [-0.1, -0.05) is 39.7 Å². The molecule has 0 aromatic heterocycles. The van der Waals surface area contributed by atoms with E-state index in [1.165, 1.54) is 25.3 Å². The molecule has 0 saturated heterocycles. The molecule has 0 aromatic carbocycles. The molecule has 0 bridgehead atoms. The number of hydrogen-bond acceptors (Lipinski definition) is 3. The summed E-state index contributed by atoms with van der Waals surface area (Å²) in [6.07, 6.45) is 9.08. The fourth-order valence-corrected chi connectivity index (χ4v) is 3.09. The predicted octanol–water partition coefficient (Wildman–Crippen LogP) is 3.37. The van der Waals surface area contributed by atoms with Gasteiger partial charge in [0.2, 0.25) is 0 Å². The van der Waals surface area contributed by atoms with Crippen LogP contribution in [-0.4, -0.2) is 28.4 Å². The van der Waals surface area contributed by atoms with Crippen LogP contribution in [0.15, 0.2) is 12.7 Å². The Hall–Kier alpha value is -0.613. The van der Waals surface area contributed by atoms with Gasteiger partial charge in [-0.05, 0) is 31.7 Å². The summed E-state index contributed by atoms with van der Waals surface area (Å²) in [7, 11) is -0.438. The lowest BCUT2D eigenvalue weighted by atomic mass is 10.1. The van der Waals surface area contributed by atoms with E-state index < -0.39 is 9.76 Å². The number of ether oxygens (including phenoxy) is 1. The topological polar surface area (TPSA) is 35.5 Å². The van der Waals surface area contributed by atoms with Crippen LogP contribution in [0.3, 0.4) is 0 Å². The van der Waals surface area contributed by atoms with Gasteiger partial charge in [0.1, 0.15) is 6.10 Å². The van der Waals surface area contributed by atoms with Gasteiger partial charge in [-0.15, -0.1) is 0 Å². The van der Waals surface area contributed by atoms with E-state index in [0.29, 0.717) is 0 Å². The number of carbonyl (C=O) groups excluding carboxylic acids is 1. The Morgan fingerprint density at radius 3 is 2.58 bits per heavy atom. The lowest BCUT2D eigenvalue weighted by Gasteiger charge is -2.16. The van der Waals surface area contributed by atoms with Crippen LogP contribution in [0.5, 0.6) is 0 Å². The van der Waals surface area contributed by atoms with Crippen molar-refractivity contribution in [1.82, 2.24) is 0 Å². The number of rotatable bonds is 13. The monoisotopic (exact) mass is 286 g/mol. The van der Waals surface area contributed by atoms with Gasteiger partial charge in [0, 0.05) is 12.7 Å². The number of unbranched alkanes of at least 4 members (excludes halogenated alkanes) is 3. The first-order valence-corrected chi connectivity index (χ1v) is 9.23. The zero-order valence-corrected chi connectivity index (χ0v) is 14.1. The molecule has 112 valence electrons. The summed E-state index contributed by atoms with van der Waals surface area (Å²) < 4.78 is 11.0. The summed E-state index contributed by atoms with van der Waals surface area (Å²) in [5.74, 6) is -0.296. The van der Waals surface area contributed by atoms with Crippen molar-refractivity contribution >= 4 is 15.7 Å². The van der Waals surface area contributed by atoms with E-state index >= 15 is 0 Å². The van der Waals surface area contributed by atoms with E-state index in [0.717, 1.165) is 38.3 Å². The maximum atomic E-state index is 11.3. The van der Waals surface area contributed by atoms with E-state index in [1.54, 1.807) is 0 Å². The number of hydrogen-bond donors (Lipinski definition) is 0. The minimum absolute atomic E-state index is 0.0549. The van der Waals surface area contributed by atoms with Gasteiger partial charge in [0.15, 0.2) is 9.76 Å². The molecule has 1 unspecified atom stereocenters. The molecule has 0 radical (unpaired) electrons. The Morgan fingerprint density at radius 1 is 1.21 bits per heavy atom. The van der Waals surface area contributed by atoms with Crippen molar-refractivity contribution in [3.05, 3.63) is 12.7 Å². The van der Waals surface area contributed by atoms with Crippen LogP contribution in [0.25, 0.3) is 0 Å². The zero-order valence-electron chi connectivity index (χ0n) is 12.7. The van der Waals surface area contributed by atoms with Crippen molar-refractivity contribution in [3.8, 4) is 0 Å². The van der Waals surface area contributed by atoms with Crippen LogP contribution < -0.4 is 0 Å². The highest BCUT2D eigenvalue weighted by atomic mass is 28.2. The summed E-state index contributed by atoms with van der Waals surface area (Å²) in [6, 6.07) is 1.09. The molecule has 0 fully saturated rings. The van der Waals surface area contributed by atoms with E-state index in [1.807, 2.05) is 0 Å². The van der Waals surface area contributed by atoms with Gasteiger partial charge < -0.3 is 9.16 Å². The third kappa shape index (κ3) is 12.2. The first-order chi connectivity index (χ1) is 9.24. The van der Waals surface area contributed by atoms with Crippen molar-refractivity contribution in [2.24, 2.45) is 0 Å². The molecule has 0 rings (SSSR count). The molecular formula is C15H30O3Si. The van der Waals surface area contributed by atoms with Crippen molar-refractivity contribution in [3.63, 3.8) is 0 Å². The highest BCUT2D eigenvalue weighted by molar-refractivity contribution is 6.27. The van der Waals surface area contributed by atoms with Crippen LogP contribution in [0.2, 0.25) is 6.04 Å². The van der Waals surface area contributed by atoms with Crippen LogP contribution in [-0.2, 0) is 14.0 Å². The van der Waals surface area contributed by atoms with Gasteiger partial charge in [0.05, 0.1) is 0 Å². The van der Waals surface area contributed by atoms with Crippen LogP contribution in [0, 0.1) is 0 Å².